The lowest BCUT2D eigenvalue weighted by atomic mass is 9.83. The van der Waals surface area contributed by atoms with Crippen molar-refractivity contribution in [2.75, 3.05) is 17.2 Å². The van der Waals surface area contributed by atoms with Gasteiger partial charge < -0.3 is 10.2 Å². The van der Waals surface area contributed by atoms with E-state index in [1.54, 1.807) is 0 Å². The van der Waals surface area contributed by atoms with Gasteiger partial charge in [-0.2, -0.15) is 0 Å². The van der Waals surface area contributed by atoms with Gasteiger partial charge in [-0.3, -0.25) is 4.79 Å². The summed E-state index contributed by atoms with van der Waals surface area (Å²) in [6.45, 7) is 0.393. The highest BCUT2D eigenvalue weighted by molar-refractivity contribution is 8.15. The molecule has 1 aliphatic carbocycles. The number of nitrogens with one attached hydrogen (secondary N) is 1. The van der Waals surface area contributed by atoms with Gasteiger partial charge in [-0.1, -0.05) is 62.4 Å². The van der Waals surface area contributed by atoms with Gasteiger partial charge in [0.15, 0.2) is 5.17 Å². The fourth-order valence-electron chi connectivity index (χ4n) is 4.83. The van der Waals surface area contributed by atoms with Gasteiger partial charge in [-0.05, 0) is 47.9 Å². The zero-order valence-corrected chi connectivity index (χ0v) is 19.5. The fourth-order valence-corrected chi connectivity index (χ4v) is 7.13. The Labute approximate surface area is 193 Å². The van der Waals surface area contributed by atoms with E-state index in [2.05, 4.69) is 21.8 Å². The van der Waals surface area contributed by atoms with Crippen LogP contribution in [0.25, 0.3) is 0 Å². The minimum atomic E-state index is -3.40. The van der Waals surface area contributed by atoms with Gasteiger partial charge in [0.1, 0.15) is 0 Å². The molecule has 2 aromatic carbocycles. The van der Waals surface area contributed by atoms with Crippen LogP contribution in [-0.4, -0.2) is 31.8 Å². The lowest BCUT2D eigenvalue weighted by molar-refractivity contribution is 0.0928. The number of fused-ring (bicyclic) bond motifs is 3. The monoisotopic (exact) mass is 469 g/mol. The summed E-state index contributed by atoms with van der Waals surface area (Å²) in [4.78, 5) is 16.0. The normalized spacial score (nSPS) is 20.8. The number of hydrogen-bond acceptors (Lipinski definition) is 5. The van der Waals surface area contributed by atoms with Crippen LogP contribution in [0.1, 0.15) is 60.5 Å². The molecule has 1 saturated carbocycles. The second-order valence-corrected chi connectivity index (χ2v) is 11.5. The molecule has 2 aliphatic heterocycles. The number of rotatable bonds is 5. The Bertz CT molecular complexity index is 1140. The standard InChI is InChI=1S/C24H27N3O3S2/c28-23(25-20(18-9-5-2-6-10-18)15-17-7-3-1-4-8-17)19-11-12-21-22(16-19)31-24-26-32(29,30)14-13-27(21)24/h2,5-6,9-12,16-17,20H,1,3-4,7-8,13-15H2,(H,25,28). The van der Waals surface area contributed by atoms with Gasteiger partial charge in [0, 0.05) is 17.0 Å². The van der Waals surface area contributed by atoms with Crippen LogP contribution >= 0.6 is 11.8 Å². The van der Waals surface area contributed by atoms with E-state index in [4.69, 9.17) is 0 Å². The number of anilines is 1. The molecule has 32 heavy (non-hydrogen) atoms. The predicted molar refractivity (Wildman–Crippen MR) is 129 cm³/mol. The molecule has 1 N–H and O–H groups in total. The third kappa shape index (κ3) is 4.57. The summed E-state index contributed by atoms with van der Waals surface area (Å²) < 4.78 is 27.6. The average molecular weight is 470 g/mol. The summed E-state index contributed by atoms with van der Waals surface area (Å²) in [5, 5.41) is 3.75. The van der Waals surface area contributed by atoms with Crippen molar-refractivity contribution in [1.29, 1.82) is 0 Å². The van der Waals surface area contributed by atoms with Crippen molar-refractivity contribution >= 4 is 38.5 Å². The molecule has 0 spiro atoms. The van der Waals surface area contributed by atoms with E-state index < -0.39 is 10.0 Å². The Morgan fingerprint density at radius 3 is 2.69 bits per heavy atom. The Morgan fingerprint density at radius 2 is 1.91 bits per heavy atom. The molecule has 6 nitrogen and oxygen atoms in total. The van der Waals surface area contributed by atoms with Crippen molar-refractivity contribution in [2.45, 2.75) is 49.5 Å². The number of benzene rings is 2. The zero-order valence-electron chi connectivity index (χ0n) is 17.9. The van der Waals surface area contributed by atoms with Crippen molar-refractivity contribution in [3.8, 4) is 0 Å². The number of amidine groups is 1. The van der Waals surface area contributed by atoms with Crippen molar-refractivity contribution in [1.82, 2.24) is 5.32 Å². The molecular formula is C24H27N3O3S2. The topological polar surface area (TPSA) is 78.8 Å². The van der Waals surface area contributed by atoms with Gasteiger partial charge in [-0.15, -0.1) is 4.40 Å². The molecule has 0 saturated heterocycles. The predicted octanol–water partition coefficient (Wildman–Crippen LogP) is 4.74. The Balaban J connectivity index is 1.35. The van der Waals surface area contributed by atoms with Crippen LogP contribution in [0.4, 0.5) is 5.69 Å². The van der Waals surface area contributed by atoms with Crippen LogP contribution in [0.3, 0.4) is 0 Å². The lowest BCUT2D eigenvalue weighted by Gasteiger charge is -2.27. The molecule has 3 aliphatic rings. The highest BCUT2D eigenvalue weighted by atomic mass is 32.2. The largest absolute Gasteiger partial charge is 0.345 e. The highest BCUT2D eigenvalue weighted by Gasteiger charge is 2.33. The number of amides is 1. The summed E-state index contributed by atoms with van der Waals surface area (Å²) in [5.74, 6) is 0.553. The summed E-state index contributed by atoms with van der Waals surface area (Å²) >= 11 is 1.31. The van der Waals surface area contributed by atoms with Crippen molar-refractivity contribution < 1.29 is 13.2 Å². The molecule has 2 heterocycles. The molecule has 1 atom stereocenters. The Hall–Kier alpha value is -2.32. The molecule has 1 amide bonds. The summed E-state index contributed by atoms with van der Waals surface area (Å²) in [5.41, 5.74) is 2.64. The molecule has 1 unspecified atom stereocenters. The SMILES string of the molecule is O=C(NC(CC1CCCCC1)c1ccccc1)c1ccc2c(c1)SC1=NS(=O)(=O)CCN12. The minimum absolute atomic E-state index is 0.0126. The van der Waals surface area contributed by atoms with Crippen LogP contribution in [-0.2, 0) is 10.0 Å². The van der Waals surface area contributed by atoms with Gasteiger partial charge in [0.25, 0.3) is 15.9 Å². The molecule has 2 aromatic rings. The average Bonchev–Trinajstić information content (AvgIpc) is 3.15. The van der Waals surface area contributed by atoms with E-state index in [1.807, 2.05) is 41.3 Å². The summed E-state index contributed by atoms with van der Waals surface area (Å²) in [6.07, 6.45) is 7.29. The lowest BCUT2D eigenvalue weighted by Crippen LogP contribution is -2.35. The molecule has 0 aromatic heterocycles. The third-order valence-corrected chi connectivity index (χ3v) is 8.84. The van der Waals surface area contributed by atoms with Crippen molar-refractivity contribution in [3.63, 3.8) is 0 Å². The molecule has 168 valence electrons. The maximum absolute atomic E-state index is 13.2. The third-order valence-electron chi connectivity index (χ3n) is 6.54. The van der Waals surface area contributed by atoms with Gasteiger partial charge in [0.2, 0.25) is 0 Å². The van der Waals surface area contributed by atoms with E-state index >= 15 is 0 Å². The second kappa shape index (κ2) is 8.90. The van der Waals surface area contributed by atoms with E-state index in [0.29, 0.717) is 23.2 Å². The Kier molecular flexibility index (Phi) is 5.99. The minimum Gasteiger partial charge on any atom is -0.345 e. The quantitative estimate of drug-likeness (QED) is 0.684. The van der Waals surface area contributed by atoms with Crippen LogP contribution in [0.5, 0.6) is 0 Å². The first-order valence-corrected chi connectivity index (χ1v) is 13.7. The fraction of sp³-hybridized carbons (Fsp3) is 0.417. The first kappa shape index (κ1) is 21.5. The molecule has 1 fully saturated rings. The molecule has 0 radical (unpaired) electrons. The van der Waals surface area contributed by atoms with Crippen molar-refractivity contribution in [3.05, 3.63) is 59.7 Å². The molecular weight excluding hydrogens is 442 g/mol. The van der Waals surface area contributed by atoms with E-state index in [0.717, 1.165) is 22.6 Å². The molecule has 8 heteroatoms. The smallest absolute Gasteiger partial charge is 0.257 e. The Morgan fingerprint density at radius 1 is 1.12 bits per heavy atom. The maximum atomic E-state index is 13.2. The van der Waals surface area contributed by atoms with Crippen LogP contribution < -0.4 is 10.2 Å². The summed E-state index contributed by atoms with van der Waals surface area (Å²) in [7, 11) is -3.40. The number of carbonyl (C=O) groups excluding carboxylic acids is 1. The highest BCUT2D eigenvalue weighted by Crippen LogP contribution is 2.42. The first-order valence-electron chi connectivity index (χ1n) is 11.3. The number of carbonyl (C=O) groups is 1. The number of sulfonamides is 1. The maximum Gasteiger partial charge on any atom is 0.257 e. The van der Waals surface area contributed by atoms with E-state index in [-0.39, 0.29) is 17.7 Å². The number of nitrogens with zero attached hydrogens (tertiary/aromatic N) is 2. The first-order chi connectivity index (χ1) is 15.5. The number of hydrogen-bond donors (Lipinski definition) is 1. The van der Waals surface area contributed by atoms with E-state index in [1.165, 1.54) is 43.9 Å². The van der Waals surface area contributed by atoms with Crippen LogP contribution in [0.2, 0.25) is 0 Å². The summed E-state index contributed by atoms with van der Waals surface area (Å²) in [6, 6.07) is 15.8. The zero-order chi connectivity index (χ0) is 22.1. The van der Waals surface area contributed by atoms with Crippen LogP contribution in [0.15, 0.2) is 57.8 Å². The molecule has 5 rings (SSSR count). The number of thioether (sulfide) groups is 1. The van der Waals surface area contributed by atoms with Crippen LogP contribution in [0, 0.1) is 5.92 Å². The second-order valence-electron chi connectivity index (χ2n) is 8.77. The van der Waals surface area contributed by atoms with Gasteiger partial charge in [-0.25, -0.2) is 8.42 Å². The molecule has 0 bridgehead atoms. The van der Waals surface area contributed by atoms with E-state index in [9.17, 15) is 13.2 Å². The van der Waals surface area contributed by atoms with Gasteiger partial charge >= 0.3 is 0 Å². The van der Waals surface area contributed by atoms with Crippen molar-refractivity contribution in [2.24, 2.45) is 10.3 Å². The van der Waals surface area contributed by atoms with Gasteiger partial charge in [0.05, 0.1) is 17.5 Å².